The Kier molecular flexibility index (Phi) is 5.86. The van der Waals surface area contributed by atoms with E-state index >= 15 is 0 Å². The molecule has 1 aliphatic heterocycles. The van der Waals surface area contributed by atoms with Gasteiger partial charge in [-0.25, -0.2) is 0 Å². The van der Waals surface area contributed by atoms with E-state index < -0.39 is 35.5 Å². The van der Waals surface area contributed by atoms with E-state index in [4.69, 9.17) is 4.84 Å². The number of hydrogen-bond donors (Lipinski definition) is 1. The van der Waals surface area contributed by atoms with E-state index in [0.717, 1.165) is 24.1 Å². The number of oxime groups is 1. The molecule has 1 heterocycles. The van der Waals surface area contributed by atoms with E-state index in [1.807, 2.05) is 6.92 Å². The lowest BCUT2D eigenvalue weighted by Crippen LogP contribution is -2.42. The standard InChI is InChI=1S/C21H19F6NO2/c1-2-4-13-9-14(7-8-15(13)12-29)18-11-19(30-28-18,21(25,26)27)16-5-3-6-17(10-16)20(22,23)24/h3,5-10,29H,2,4,11-12H2,1H3. The predicted octanol–water partition coefficient (Wildman–Crippen LogP) is 5.73. The van der Waals surface area contributed by atoms with E-state index in [9.17, 15) is 31.4 Å². The molecule has 1 unspecified atom stereocenters. The minimum Gasteiger partial charge on any atom is -0.392 e. The van der Waals surface area contributed by atoms with Gasteiger partial charge in [0.05, 0.1) is 17.9 Å². The first kappa shape index (κ1) is 22.1. The Bertz CT molecular complexity index is 951. The van der Waals surface area contributed by atoms with Crippen LogP contribution in [0.2, 0.25) is 0 Å². The van der Waals surface area contributed by atoms with E-state index in [1.165, 1.54) is 6.07 Å². The summed E-state index contributed by atoms with van der Waals surface area (Å²) in [6.45, 7) is 1.71. The molecule has 0 fully saturated rings. The summed E-state index contributed by atoms with van der Waals surface area (Å²) in [6, 6.07) is 7.78. The largest absolute Gasteiger partial charge is 0.435 e. The van der Waals surface area contributed by atoms with Crippen LogP contribution in [0.15, 0.2) is 47.6 Å². The summed E-state index contributed by atoms with van der Waals surface area (Å²) in [5.74, 6) is 0. The van der Waals surface area contributed by atoms with Gasteiger partial charge >= 0.3 is 12.4 Å². The maximum atomic E-state index is 14.0. The molecule has 162 valence electrons. The normalized spacial score (nSPS) is 19.5. The molecule has 1 N–H and O–H groups in total. The van der Waals surface area contributed by atoms with Gasteiger partial charge in [-0.05, 0) is 41.3 Å². The quantitative estimate of drug-likeness (QED) is 0.614. The average Bonchev–Trinajstić information content (AvgIpc) is 3.14. The molecule has 30 heavy (non-hydrogen) atoms. The summed E-state index contributed by atoms with van der Waals surface area (Å²) >= 11 is 0. The monoisotopic (exact) mass is 431 g/mol. The van der Waals surface area contributed by atoms with Gasteiger partial charge < -0.3 is 9.94 Å². The Balaban J connectivity index is 2.01. The molecule has 0 aliphatic carbocycles. The number of aliphatic hydroxyl groups is 1. The minimum absolute atomic E-state index is 0.0217. The molecule has 0 amide bonds. The third-order valence-electron chi connectivity index (χ3n) is 5.07. The van der Waals surface area contributed by atoms with Crippen LogP contribution in [0.25, 0.3) is 0 Å². The number of hydrogen-bond acceptors (Lipinski definition) is 3. The van der Waals surface area contributed by atoms with Crippen molar-refractivity contribution >= 4 is 5.71 Å². The van der Waals surface area contributed by atoms with Crippen molar-refractivity contribution in [3.63, 3.8) is 0 Å². The van der Waals surface area contributed by atoms with Crippen molar-refractivity contribution in [2.45, 2.75) is 50.7 Å². The van der Waals surface area contributed by atoms with E-state index in [1.54, 1.807) is 12.1 Å². The molecule has 0 bridgehead atoms. The molecule has 0 aromatic heterocycles. The number of alkyl halides is 6. The van der Waals surface area contributed by atoms with Crippen LogP contribution >= 0.6 is 0 Å². The highest BCUT2D eigenvalue weighted by Gasteiger charge is 2.62. The van der Waals surface area contributed by atoms with E-state index in [2.05, 4.69) is 5.16 Å². The van der Waals surface area contributed by atoms with Crippen molar-refractivity contribution in [2.24, 2.45) is 5.16 Å². The summed E-state index contributed by atoms with van der Waals surface area (Å²) < 4.78 is 81.2. The van der Waals surface area contributed by atoms with Crippen LogP contribution < -0.4 is 0 Å². The molecule has 1 aliphatic rings. The Morgan fingerprint density at radius 3 is 2.37 bits per heavy atom. The summed E-state index contributed by atoms with van der Waals surface area (Å²) in [6.07, 6.45) is -9.19. The number of nitrogens with zero attached hydrogens (tertiary/aromatic N) is 1. The number of benzene rings is 2. The van der Waals surface area contributed by atoms with Crippen LogP contribution in [0.1, 0.15) is 47.6 Å². The lowest BCUT2D eigenvalue weighted by Gasteiger charge is -2.30. The summed E-state index contributed by atoms with van der Waals surface area (Å²) in [4.78, 5) is 4.83. The first-order valence-electron chi connectivity index (χ1n) is 9.24. The van der Waals surface area contributed by atoms with Crippen LogP contribution in [-0.4, -0.2) is 17.0 Å². The molecule has 9 heteroatoms. The van der Waals surface area contributed by atoms with Gasteiger partial charge in [-0.1, -0.05) is 42.8 Å². The van der Waals surface area contributed by atoms with Crippen molar-refractivity contribution in [3.05, 3.63) is 70.3 Å². The highest BCUT2D eigenvalue weighted by Crippen LogP contribution is 2.49. The zero-order valence-corrected chi connectivity index (χ0v) is 15.9. The molecule has 3 rings (SSSR count). The van der Waals surface area contributed by atoms with Crippen molar-refractivity contribution in [1.82, 2.24) is 0 Å². The van der Waals surface area contributed by atoms with Gasteiger partial charge in [0.2, 0.25) is 0 Å². The fraction of sp³-hybridized carbons (Fsp3) is 0.381. The summed E-state index contributed by atoms with van der Waals surface area (Å²) in [5, 5.41) is 13.0. The van der Waals surface area contributed by atoms with Crippen LogP contribution in [0.5, 0.6) is 0 Å². The fourth-order valence-corrected chi connectivity index (χ4v) is 3.47. The Hall–Kier alpha value is -2.55. The number of rotatable bonds is 5. The highest BCUT2D eigenvalue weighted by molar-refractivity contribution is 6.02. The zero-order chi connectivity index (χ0) is 22.2. The van der Waals surface area contributed by atoms with Crippen LogP contribution in [0, 0.1) is 0 Å². The van der Waals surface area contributed by atoms with Gasteiger partial charge in [-0.3, -0.25) is 0 Å². The van der Waals surface area contributed by atoms with Gasteiger partial charge in [0.15, 0.2) is 0 Å². The molecular formula is C21H19F6NO2. The lowest BCUT2D eigenvalue weighted by molar-refractivity contribution is -0.276. The minimum atomic E-state index is -5.00. The Morgan fingerprint density at radius 2 is 1.77 bits per heavy atom. The van der Waals surface area contributed by atoms with Crippen molar-refractivity contribution < 1.29 is 36.3 Å². The topological polar surface area (TPSA) is 41.8 Å². The van der Waals surface area contributed by atoms with Crippen LogP contribution in [0.4, 0.5) is 26.3 Å². The molecule has 1 atom stereocenters. The fourth-order valence-electron chi connectivity index (χ4n) is 3.47. The smallest absolute Gasteiger partial charge is 0.392 e. The molecule has 0 saturated carbocycles. The summed E-state index contributed by atoms with van der Waals surface area (Å²) in [7, 11) is 0. The zero-order valence-electron chi connectivity index (χ0n) is 15.9. The second kappa shape index (κ2) is 7.94. The maximum Gasteiger partial charge on any atom is 0.435 e. The molecular weight excluding hydrogens is 412 g/mol. The lowest BCUT2D eigenvalue weighted by atomic mass is 9.85. The summed E-state index contributed by atoms with van der Waals surface area (Å²) in [5.41, 5.74) is -3.10. The first-order valence-corrected chi connectivity index (χ1v) is 9.24. The highest BCUT2D eigenvalue weighted by atomic mass is 19.4. The van der Waals surface area contributed by atoms with Crippen molar-refractivity contribution in [3.8, 4) is 0 Å². The van der Waals surface area contributed by atoms with E-state index in [0.29, 0.717) is 29.7 Å². The third-order valence-corrected chi connectivity index (χ3v) is 5.07. The molecule has 0 saturated heterocycles. The first-order chi connectivity index (χ1) is 14.0. The van der Waals surface area contributed by atoms with Crippen molar-refractivity contribution in [1.29, 1.82) is 0 Å². The molecule has 0 spiro atoms. The number of aryl methyl sites for hydroxylation is 1. The SMILES string of the molecule is CCCc1cc(C2=NOC(c3cccc(C(F)(F)F)c3)(C(F)(F)F)C2)ccc1CO. The van der Waals surface area contributed by atoms with Gasteiger partial charge in [0.25, 0.3) is 5.60 Å². The van der Waals surface area contributed by atoms with Crippen LogP contribution in [0.3, 0.4) is 0 Å². The van der Waals surface area contributed by atoms with Gasteiger partial charge in [-0.15, -0.1) is 0 Å². The van der Waals surface area contributed by atoms with Crippen LogP contribution in [-0.2, 0) is 29.6 Å². The second-order valence-electron chi connectivity index (χ2n) is 7.10. The Morgan fingerprint density at radius 1 is 1.03 bits per heavy atom. The molecule has 3 nitrogen and oxygen atoms in total. The number of aliphatic hydroxyl groups excluding tert-OH is 1. The van der Waals surface area contributed by atoms with Gasteiger partial charge in [-0.2, -0.15) is 26.3 Å². The van der Waals surface area contributed by atoms with Gasteiger partial charge in [0.1, 0.15) is 0 Å². The second-order valence-corrected chi connectivity index (χ2v) is 7.10. The molecule has 2 aromatic rings. The van der Waals surface area contributed by atoms with Gasteiger partial charge in [0, 0.05) is 12.0 Å². The molecule has 0 radical (unpaired) electrons. The van der Waals surface area contributed by atoms with E-state index in [-0.39, 0.29) is 12.3 Å². The predicted molar refractivity (Wildman–Crippen MR) is 97.8 cm³/mol. The third kappa shape index (κ3) is 4.03. The number of halogens is 6. The average molecular weight is 431 g/mol. The molecule has 2 aromatic carbocycles. The van der Waals surface area contributed by atoms with Crippen molar-refractivity contribution in [2.75, 3.05) is 0 Å². The maximum absolute atomic E-state index is 14.0. The Labute approximate surface area is 169 Å².